The molecule has 0 amide bonds. The molecular formula is C11H12BN3O4S. The van der Waals surface area contributed by atoms with Gasteiger partial charge in [-0.15, -0.1) is 11.8 Å². The van der Waals surface area contributed by atoms with Gasteiger partial charge < -0.3 is 20.2 Å². The van der Waals surface area contributed by atoms with Crippen molar-refractivity contribution in [2.45, 2.75) is 11.6 Å². The SMILES string of the molecule is O=C(O)c1cccc2c1OB(O)[C@@H](SC1=CNNN1)C2. The second-order valence-corrected chi connectivity index (χ2v) is 5.65. The van der Waals surface area contributed by atoms with Gasteiger partial charge in [0.1, 0.15) is 10.8 Å². The predicted molar refractivity (Wildman–Crippen MR) is 74.6 cm³/mol. The Kier molecular flexibility index (Phi) is 3.47. The number of rotatable bonds is 3. The maximum Gasteiger partial charge on any atom is 0.537 e. The maximum atomic E-state index is 11.1. The molecule has 0 bridgehead atoms. The summed E-state index contributed by atoms with van der Waals surface area (Å²) < 4.78 is 5.41. The zero-order chi connectivity index (χ0) is 14.1. The Bertz CT molecular complexity index is 583. The van der Waals surface area contributed by atoms with Crippen LogP contribution in [0.3, 0.4) is 0 Å². The van der Waals surface area contributed by atoms with Crippen LogP contribution in [0.25, 0.3) is 0 Å². The minimum atomic E-state index is -1.06. The van der Waals surface area contributed by atoms with Crippen molar-refractivity contribution in [2.24, 2.45) is 0 Å². The molecule has 20 heavy (non-hydrogen) atoms. The van der Waals surface area contributed by atoms with Crippen molar-refractivity contribution in [3.8, 4) is 5.75 Å². The van der Waals surface area contributed by atoms with Gasteiger partial charge in [0.15, 0.2) is 0 Å². The fourth-order valence-corrected chi connectivity index (χ4v) is 3.13. The topological polar surface area (TPSA) is 103 Å². The molecule has 1 aromatic carbocycles. The summed E-state index contributed by atoms with van der Waals surface area (Å²) in [7, 11) is -1.06. The number of carboxylic acid groups (broad SMARTS) is 1. The van der Waals surface area contributed by atoms with E-state index in [-0.39, 0.29) is 16.5 Å². The van der Waals surface area contributed by atoms with Gasteiger partial charge in [-0.2, -0.15) is 5.53 Å². The number of carbonyl (C=O) groups is 1. The molecule has 0 fully saturated rings. The number of carboxylic acids is 1. The van der Waals surface area contributed by atoms with E-state index in [9.17, 15) is 9.82 Å². The zero-order valence-electron chi connectivity index (χ0n) is 10.3. The monoisotopic (exact) mass is 293 g/mol. The number of para-hydroxylation sites is 1. The highest BCUT2D eigenvalue weighted by molar-refractivity contribution is 8.04. The molecular weight excluding hydrogens is 281 g/mol. The van der Waals surface area contributed by atoms with Crippen LogP contribution in [0, 0.1) is 0 Å². The lowest BCUT2D eigenvalue weighted by molar-refractivity contribution is 0.0694. The summed E-state index contributed by atoms with van der Waals surface area (Å²) in [6, 6.07) is 4.96. The zero-order valence-corrected chi connectivity index (χ0v) is 11.1. The number of hydrogen-bond acceptors (Lipinski definition) is 7. The van der Waals surface area contributed by atoms with Crippen LogP contribution in [-0.2, 0) is 6.42 Å². The molecule has 9 heteroatoms. The number of benzene rings is 1. The Morgan fingerprint density at radius 2 is 2.35 bits per heavy atom. The van der Waals surface area contributed by atoms with E-state index in [1.165, 1.54) is 17.8 Å². The minimum absolute atomic E-state index is 0.0755. The minimum Gasteiger partial charge on any atom is -0.535 e. The van der Waals surface area contributed by atoms with E-state index in [4.69, 9.17) is 9.76 Å². The normalized spacial score (nSPS) is 20.4. The molecule has 0 aliphatic carbocycles. The van der Waals surface area contributed by atoms with Crippen LogP contribution >= 0.6 is 11.8 Å². The predicted octanol–water partition coefficient (Wildman–Crippen LogP) is -0.148. The first kappa shape index (κ1) is 13.2. The summed E-state index contributed by atoms with van der Waals surface area (Å²) in [6.45, 7) is 0. The van der Waals surface area contributed by atoms with E-state index >= 15 is 0 Å². The Morgan fingerprint density at radius 3 is 3.05 bits per heavy atom. The molecule has 0 radical (unpaired) electrons. The van der Waals surface area contributed by atoms with Gasteiger partial charge in [0.05, 0.1) is 10.7 Å². The lowest BCUT2D eigenvalue weighted by Crippen LogP contribution is -2.41. The molecule has 0 saturated heterocycles. The standard InChI is InChI=1S/C11H12BN3O4S/c16-11(17)7-3-1-2-6-4-8(12(18)19-10(6)7)20-9-5-13-15-14-9/h1-3,5,8,13-15,18H,4H2,(H,16,17)/t8-/m0/s1. The molecule has 0 saturated carbocycles. The summed E-state index contributed by atoms with van der Waals surface area (Å²) in [4.78, 5) is 11.1. The van der Waals surface area contributed by atoms with Crippen LogP contribution in [0.5, 0.6) is 5.75 Å². The maximum absolute atomic E-state index is 11.1. The molecule has 1 atom stereocenters. The highest BCUT2D eigenvalue weighted by Crippen LogP contribution is 2.35. The number of hydrazine groups is 2. The van der Waals surface area contributed by atoms with Crippen molar-refractivity contribution < 1.29 is 19.6 Å². The molecule has 2 aliphatic heterocycles. The largest absolute Gasteiger partial charge is 0.537 e. The van der Waals surface area contributed by atoms with Crippen LogP contribution in [-0.4, -0.2) is 28.4 Å². The van der Waals surface area contributed by atoms with Crippen molar-refractivity contribution in [2.75, 3.05) is 0 Å². The van der Waals surface area contributed by atoms with Gasteiger partial charge in [-0.3, -0.25) is 5.43 Å². The van der Waals surface area contributed by atoms with Crippen LogP contribution in [0.4, 0.5) is 0 Å². The van der Waals surface area contributed by atoms with E-state index in [1.807, 2.05) is 6.07 Å². The Labute approximate surface area is 119 Å². The first-order chi connectivity index (χ1) is 9.65. The van der Waals surface area contributed by atoms with Crippen molar-refractivity contribution in [3.63, 3.8) is 0 Å². The highest BCUT2D eigenvalue weighted by atomic mass is 32.2. The van der Waals surface area contributed by atoms with Gasteiger partial charge >= 0.3 is 13.1 Å². The van der Waals surface area contributed by atoms with Crippen LogP contribution < -0.4 is 21.0 Å². The molecule has 1 aromatic rings. The van der Waals surface area contributed by atoms with Gasteiger partial charge in [0.2, 0.25) is 0 Å². The third-order valence-corrected chi connectivity index (χ3v) is 4.22. The fraction of sp³-hybridized carbons (Fsp3) is 0.182. The fourth-order valence-electron chi connectivity index (χ4n) is 2.13. The van der Waals surface area contributed by atoms with Gasteiger partial charge in [0, 0.05) is 6.20 Å². The number of aromatic carboxylic acids is 1. The summed E-state index contributed by atoms with van der Waals surface area (Å²) in [6.07, 6.45) is 2.27. The summed E-state index contributed by atoms with van der Waals surface area (Å²) in [5.74, 6) is -0.803. The van der Waals surface area contributed by atoms with Gasteiger partial charge in [0.25, 0.3) is 0 Å². The van der Waals surface area contributed by atoms with Gasteiger partial charge in [-0.1, -0.05) is 12.1 Å². The quantitative estimate of drug-likeness (QED) is 0.490. The molecule has 5 N–H and O–H groups in total. The van der Waals surface area contributed by atoms with Crippen molar-refractivity contribution in [1.29, 1.82) is 0 Å². The van der Waals surface area contributed by atoms with E-state index in [0.717, 1.165) is 10.6 Å². The average Bonchev–Trinajstić information content (AvgIpc) is 2.91. The van der Waals surface area contributed by atoms with E-state index in [0.29, 0.717) is 6.42 Å². The second-order valence-electron chi connectivity index (χ2n) is 4.37. The highest BCUT2D eigenvalue weighted by Gasteiger charge is 2.38. The first-order valence-electron chi connectivity index (χ1n) is 5.98. The number of nitrogens with one attached hydrogen (secondary N) is 3. The van der Waals surface area contributed by atoms with E-state index in [1.54, 1.807) is 12.3 Å². The smallest absolute Gasteiger partial charge is 0.535 e. The van der Waals surface area contributed by atoms with Gasteiger partial charge in [-0.25, -0.2) is 4.79 Å². The summed E-state index contributed by atoms with van der Waals surface area (Å²) in [5, 5.41) is 19.8. The molecule has 2 heterocycles. The van der Waals surface area contributed by atoms with Crippen LogP contribution in [0.15, 0.2) is 29.4 Å². The first-order valence-corrected chi connectivity index (χ1v) is 6.86. The van der Waals surface area contributed by atoms with E-state index < -0.39 is 13.1 Å². The lowest BCUT2D eigenvalue weighted by atomic mass is 9.77. The third kappa shape index (κ3) is 2.42. The van der Waals surface area contributed by atoms with Crippen molar-refractivity contribution in [1.82, 2.24) is 16.4 Å². The molecule has 0 spiro atoms. The summed E-state index contributed by atoms with van der Waals surface area (Å²) in [5.41, 5.74) is 9.22. The van der Waals surface area contributed by atoms with Gasteiger partial charge in [-0.05, 0) is 18.1 Å². The molecule has 0 unspecified atom stereocenters. The number of fused-ring (bicyclic) bond motifs is 1. The molecule has 7 nitrogen and oxygen atoms in total. The molecule has 104 valence electrons. The summed E-state index contributed by atoms with van der Waals surface area (Å²) >= 11 is 1.42. The number of thioether (sulfide) groups is 1. The Hall–Kier alpha value is -1.84. The molecule has 3 rings (SSSR count). The van der Waals surface area contributed by atoms with Crippen molar-refractivity contribution in [3.05, 3.63) is 40.6 Å². The average molecular weight is 293 g/mol. The molecule has 2 aliphatic rings. The third-order valence-electron chi connectivity index (χ3n) is 3.04. The second kappa shape index (κ2) is 5.27. The Morgan fingerprint density at radius 1 is 1.50 bits per heavy atom. The van der Waals surface area contributed by atoms with Crippen molar-refractivity contribution >= 4 is 24.8 Å². The Balaban J connectivity index is 1.83. The number of hydrogen-bond donors (Lipinski definition) is 5. The molecule has 0 aromatic heterocycles. The van der Waals surface area contributed by atoms with E-state index in [2.05, 4.69) is 16.4 Å². The lowest BCUT2D eigenvalue weighted by Gasteiger charge is -2.27. The van der Waals surface area contributed by atoms with Crippen LogP contribution in [0.1, 0.15) is 15.9 Å². The van der Waals surface area contributed by atoms with Crippen LogP contribution in [0.2, 0.25) is 0 Å².